The van der Waals surface area contributed by atoms with Crippen molar-refractivity contribution in [2.24, 2.45) is 5.73 Å². The first-order valence-corrected chi connectivity index (χ1v) is 6.87. The average Bonchev–Trinajstić information content (AvgIpc) is 2.73. The highest BCUT2D eigenvalue weighted by Crippen LogP contribution is 2.21. The Morgan fingerprint density at radius 1 is 1.24 bits per heavy atom. The van der Waals surface area contributed by atoms with Crippen molar-refractivity contribution >= 4 is 22.8 Å². The molecule has 0 atom stereocenters. The van der Waals surface area contributed by atoms with Crippen molar-refractivity contribution in [1.29, 1.82) is 0 Å². The van der Waals surface area contributed by atoms with E-state index in [0.29, 0.717) is 12.1 Å². The SMILES string of the molecule is CC(C)(C)OC(=O)CCn1cc(C(N)=O)c2ccccc21. The number of hydrogen-bond acceptors (Lipinski definition) is 3. The van der Waals surface area contributed by atoms with E-state index >= 15 is 0 Å². The van der Waals surface area contributed by atoms with Crippen molar-refractivity contribution in [3.8, 4) is 0 Å². The van der Waals surface area contributed by atoms with Gasteiger partial charge in [-0.25, -0.2) is 0 Å². The van der Waals surface area contributed by atoms with E-state index in [1.807, 2.05) is 49.6 Å². The molecule has 0 saturated heterocycles. The van der Waals surface area contributed by atoms with Gasteiger partial charge in [-0.2, -0.15) is 0 Å². The molecule has 2 rings (SSSR count). The van der Waals surface area contributed by atoms with Crippen LogP contribution in [0.1, 0.15) is 37.6 Å². The van der Waals surface area contributed by atoms with E-state index in [9.17, 15) is 9.59 Å². The van der Waals surface area contributed by atoms with Crippen molar-refractivity contribution in [3.63, 3.8) is 0 Å². The third-order valence-electron chi connectivity index (χ3n) is 3.03. The van der Waals surface area contributed by atoms with E-state index in [4.69, 9.17) is 10.5 Å². The largest absolute Gasteiger partial charge is 0.460 e. The van der Waals surface area contributed by atoms with Crippen molar-refractivity contribution in [1.82, 2.24) is 4.57 Å². The number of ether oxygens (including phenoxy) is 1. The number of hydrogen-bond donors (Lipinski definition) is 1. The highest BCUT2D eigenvalue weighted by molar-refractivity contribution is 6.06. The normalized spacial score (nSPS) is 11.6. The van der Waals surface area contributed by atoms with Crippen molar-refractivity contribution in [2.75, 3.05) is 0 Å². The first-order valence-electron chi connectivity index (χ1n) is 6.87. The predicted molar refractivity (Wildman–Crippen MR) is 80.9 cm³/mol. The number of rotatable bonds is 4. The summed E-state index contributed by atoms with van der Waals surface area (Å²) in [5.74, 6) is -0.733. The van der Waals surface area contributed by atoms with E-state index in [-0.39, 0.29) is 12.4 Å². The number of nitrogens with two attached hydrogens (primary N) is 1. The molecule has 0 fully saturated rings. The Labute approximate surface area is 123 Å². The number of para-hydroxylation sites is 1. The molecule has 0 aliphatic heterocycles. The van der Waals surface area contributed by atoms with Gasteiger partial charge in [0.15, 0.2) is 0 Å². The number of nitrogens with zero attached hydrogens (tertiary/aromatic N) is 1. The van der Waals surface area contributed by atoms with E-state index in [1.54, 1.807) is 6.20 Å². The monoisotopic (exact) mass is 288 g/mol. The Morgan fingerprint density at radius 2 is 1.90 bits per heavy atom. The maximum absolute atomic E-state index is 11.8. The molecule has 0 saturated carbocycles. The number of carbonyl (C=O) groups excluding carboxylic acids is 2. The van der Waals surface area contributed by atoms with Crippen LogP contribution < -0.4 is 5.73 Å². The third-order valence-corrected chi connectivity index (χ3v) is 3.03. The maximum Gasteiger partial charge on any atom is 0.308 e. The Balaban J connectivity index is 2.20. The van der Waals surface area contributed by atoms with Gasteiger partial charge in [-0.1, -0.05) is 18.2 Å². The minimum atomic E-state index is -0.492. The molecule has 0 spiro atoms. The number of carbonyl (C=O) groups is 2. The van der Waals surface area contributed by atoms with Crippen molar-refractivity contribution in [2.45, 2.75) is 39.3 Å². The molecular formula is C16H20N2O3. The number of primary amides is 1. The van der Waals surface area contributed by atoms with Crippen LogP contribution in [0.3, 0.4) is 0 Å². The van der Waals surface area contributed by atoms with Crippen LogP contribution in [0, 0.1) is 0 Å². The van der Waals surface area contributed by atoms with Crippen LogP contribution in [-0.2, 0) is 16.1 Å². The van der Waals surface area contributed by atoms with Crippen LogP contribution in [0.2, 0.25) is 0 Å². The maximum atomic E-state index is 11.8. The molecule has 112 valence electrons. The molecule has 0 radical (unpaired) electrons. The highest BCUT2D eigenvalue weighted by Gasteiger charge is 2.17. The number of amides is 1. The fraction of sp³-hybridized carbons (Fsp3) is 0.375. The van der Waals surface area contributed by atoms with Gasteiger partial charge in [-0.05, 0) is 26.8 Å². The minimum Gasteiger partial charge on any atom is -0.460 e. The Hall–Kier alpha value is -2.30. The summed E-state index contributed by atoms with van der Waals surface area (Å²) in [4.78, 5) is 23.3. The molecule has 0 unspecified atom stereocenters. The summed E-state index contributed by atoms with van der Waals surface area (Å²) < 4.78 is 7.14. The summed E-state index contributed by atoms with van der Waals surface area (Å²) in [5, 5.41) is 0.800. The Morgan fingerprint density at radius 3 is 2.52 bits per heavy atom. The Kier molecular flexibility index (Phi) is 4.02. The van der Waals surface area contributed by atoms with Gasteiger partial charge in [0, 0.05) is 23.6 Å². The number of fused-ring (bicyclic) bond motifs is 1. The van der Waals surface area contributed by atoms with Crippen molar-refractivity contribution in [3.05, 3.63) is 36.0 Å². The van der Waals surface area contributed by atoms with E-state index in [0.717, 1.165) is 10.9 Å². The van der Waals surface area contributed by atoms with Gasteiger partial charge >= 0.3 is 5.97 Å². The fourth-order valence-electron chi connectivity index (χ4n) is 2.23. The molecule has 1 heterocycles. The van der Waals surface area contributed by atoms with Gasteiger partial charge in [-0.3, -0.25) is 9.59 Å². The summed E-state index contributed by atoms with van der Waals surface area (Å²) in [6.45, 7) is 5.95. The van der Waals surface area contributed by atoms with Gasteiger partial charge in [0.05, 0.1) is 12.0 Å². The highest BCUT2D eigenvalue weighted by atomic mass is 16.6. The lowest BCUT2D eigenvalue weighted by Gasteiger charge is -2.19. The van der Waals surface area contributed by atoms with Gasteiger partial charge in [-0.15, -0.1) is 0 Å². The fourth-order valence-corrected chi connectivity index (χ4v) is 2.23. The first kappa shape index (κ1) is 15.1. The number of esters is 1. The smallest absolute Gasteiger partial charge is 0.308 e. The second-order valence-electron chi connectivity index (χ2n) is 5.95. The molecule has 0 aliphatic carbocycles. The topological polar surface area (TPSA) is 74.3 Å². The van der Waals surface area contributed by atoms with E-state index in [1.165, 1.54) is 0 Å². The van der Waals surface area contributed by atoms with Crippen LogP contribution in [0.25, 0.3) is 10.9 Å². The summed E-state index contributed by atoms with van der Waals surface area (Å²) in [6.07, 6.45) is 1.94. The average molecular weight is 288 g/mol. The molecule has 0 aliphatic rings. The summed E-state index contributed by atoms with van der Waals surface area (Å²) in [5.41, 5.74) is 6.25. The minimum absolute atomic E-state index is 0.244. The lowest BCUT2D eigenvalue weighted by Crippen LogP contribution is -2.24. The Bertz CT molecular complexity index is 680. The standard InChI is InChI=1S/C16H20N2O3/c1-16(2,3)21-14(19)8-9-18-10-12(15(17)20)11-6-4-5-7-13(11)18/h4-7,10H,8-9H2,1-3H3,(H2,17,20). The van der Waals surface area contributed by atoms with E-state index in [2.05, 4.69) is 0 Å². The van der Waals surface area contributed by atoms with Gasteiger partial charge in [0.1, 0.15) is 5.60 Å². The number of benzene rings is 1. The molecule has 2 aromatic rings. The van der Waals surface area contributed by atoms with Crippen LogP contribution in [0.15, 0.2) is 30.5 Å². The first-order chi connectivity index (χ1) is 9.78. The van der Waals surface area contributed by atoms with Gasteiger partial charge < -0.3 is 15.0 Å². The lowest BCUT2D eigenvalue weighted by atomic mass is 10.2. The van der Waals surface area contributed by atoms with Gasteiger partial charge in [0.2, 0.25) is 0 Å². The molecule has 5 heteroatoms. The van der Waals surface area contributed by atoms with Crippen LogP contribution in [0.4, 0.5) is 0 Å². The lowest BCUT2D eigenvalue weighted by molar-refractivity contribution is -0.155. The zero-order chi connectivity index (χ0) is 15.6. The second-order valence-corrected chi connectivity index (χ2v) is 5.95. The number of aromatic nitrogens is 1. The van der Waals surface area contributed by atoms with E-state index < -0.39 is 11.5 Å². The van der Waals surface area contributed by atoms with Gasteiger partial charge in [0.25, 0.3) is 5.91 Å². The third kappa shape index (κ3) is 3.62. The summed E-state index contributed by atoms with van der Waals surface area (Å²) >= 11 is 0. The predicted octanol–water partition coefficient (Wildman–Crippen LogP) is 2.47. The van der Waals surface area contributed by atoms with Crippen LogP contribution in [-0.4, -0.2) is 22.0 Å². The molecule has 1 amide bonds. The van der Waals surface area contributed by atoms with Crippen molar-refractivity contribution < 1.29 is 14.3 Å². The molecule has 1 aromatic heterocycles. The quantitative estimate of drug-likeness (QED) is 0.878. The number of aryl methyl sites for hydroxylation is 1. The zero-order valence-corrected chi connectivity index (χ0v) is 12.6. The molecular weight excluding hydrogens is 268 g/mol. The summed E-state index contributed by atoms with van der Waals surface area (Å²) in [7, 11) is 0. The molecule has 0 bridgehead atoms. The molecule has 21 heavy (non-hydrogen) atoms. The summed E-state index contributed by atoms with van der Waals surface area (Å²) in [6, 6.07) is 7.49. The molecule has 5 nitrogen and oxygen atoms in total. The molecule has 1 aromatic carbocycles. The zero-order valence-electron chi connectivity index (χ0n) is 12.6. The molecule has 2 N–H and O–H groups in total. The van der Waals surface area contributed by atoms with Crippen LogP contribution >= 0.6 is 0 Å². The second kappa shape index (κ2) is 5.60. The van der Waals surface area contributed by atoms with Crippen LogP contribution in [0.5, 0.6) is 0 Å².